The minimum Gasteiger partial charge on any atom is -0.497 e. The smallest absolute Gasteiger partial charge is 0.232 e. The molecular formula is C21H26N4O2. The fourth-order valence-corrected chi connectivity index (χ4v) is 3.96. The van der Waals surface area contributed by atoms with Crippen molar-refractivity contribution in [1.82, 2.24) is 20.2 Å². The molecule has 0 radical (unpaired) electrons. The van der Waals surface area contributed by atoms with Gasteiger partial charge < -0.3 is 19.9 Å². The molecule has 6 nitrogen and oxygen atoms in total. The number of ether oxygens (including phenoxy) is 1. The minimum absolute atomic E-state index is 0.0897. The van der Waals surface area contributed by atoms with Gasteiger partial charge in [-0.2, -0.15) is 0 Å². The van der Waals surface area contributed by atoms with Crippen molar-refractivity contribution in [2.24, 2.45) is 0 Å². The molecule has 0 unspecified atom stereocenters. The average Bonchev–Trinajstić information content (AvgIpc) is 2.99. The number of methoxy groups -OCH3 is 1. The number of pyridine rings is 1. The van der Waals surface area contributed by atoms with E-state index in [1.807, 2.05) is 44.6 Å². The second-order valence-corrected chi connectivity index (χ2v) is 7.61. The van der Waals surface area contributed by atoms with Crippen LogP contribution in [0, 0.1) is 0 Å². The molecule has 27 heavy (non-hydrogen) atoms. The summed E-state index contributed by atoms with van der Waals surface area (Å²) in [5, 5.41) is 5.30. The van der Waals surface area contributed by atoms with Gasteiger partial charge in [-0.3, -0.25) is 9.78 Å². The van der Waals surface area contributed by atoms with E-state index in [-0.39, 0.29) is 5.91 Å². The molecule has 1 aliphatic rings. The van der Waals surface area contributed by atoms with E-state index < -0.39 is 5.41 Å². The maximum atomic E-state index is 13.1. The lowest BCUT2D eigenvalue weighted by atomic mass is 9.65. The van der Waals surface area contributed by atoms with Gasteiger partial charge in [0, 0.05) is 35.6 Å². The first-order valence-corrected chi connectivity index (χ1v) is 9.43. The number of hydrogen-bond acceptors (Lipinski definition) is 4. The van der Waals surface area contributed by atoms with E-state index in [0.717, 1.165) is 59.1 Å². The number of amides is 1. The van der Waals surface area contributed by atoms with Crippen LogP contribution in [0.2, 0.25) is 0 Å². The molecule has 0 saturated heterocycles. The maximum Gasteiger partial charge on any atom is 0.232 e. The standard InChI is InChI=1S/C21H26N4O2/c1-25(2)12-11-23-20(26)21(8-4-9-21)19-18-15(7-10-22-19)16-13-14(27-3)5-6-17(16)24-18/h5-7,10,13,24H,4,8-9,11-12H2,1-3H3,(H,23,26). The average molecular weight is 366 g/mol. The number of hydrogen-bond donors (Lipinski definition) is 2. The molecule has 0 aliphatic heterocycles. The van der Waals surface area contributed by atoms with E-state index in [4.69, 9.17) is 4.74 Å². The zero-order valence-electron chi connectivity index (χ0n) is 16.1. The van der Waals surface area contributed by atoms with Crippen LogP contribution in [0.3, 0.4) is 0 Å². The second kappa shape index (κ2) is 6.85. The highest BCUT2D eigenvalue weighted by Gasteiger charge is 2.48. The summed E-state index contributed by atoms with van der Waals surface area (Å²) >= 11 is 0. The van der Waals surface area contributed by atoms with Gasteiger partial charge in [0.25, 0.3) is 0 Å². The highest BCUT2D eigenvalue weighted by molar-refractivity contribution is 6.09. The van der Waals surface area contributed by atoms with Crippen LogP contribution < -0.4 is 10.1 Å². The highest BCUT2D eigenvalue weighted by Crippen LogP contribution is 2.46. The van der Waals surface area contributed by atoms with Gasteiger partial charge in [0.2, 0.25) is 5.91 Å². The molecule has 0 atom stereocenters. The molecule has 2 aromatic heterocycles. The van der Waals surface area contributed by atoms with Crippen molar-refractivity contribution in [3.63, 3.8) is 0 Å². The summed E-state index contributed by atoms with van der Waals surface area (Å²) in [5.74, 6) is 0.911. The Balaban J connectivity index is 1.76. The van der Waals surface area contributed by atoms with Crippen LogP contribution in [0.4, 0.5) is 0 Å². The normalized spacial score (nSPS) is 15.9. The predicted octanol–water partition coefficient (Wildman–Crippen LogP) is 2.82. The lowest BCUT2D eigenvalue weighted by Crippen LogP contribution is -2.51. The van der Waals surface area contributed by atoms with E-state index in [0.29, 0.717) is 6.54 Å². The largest absolute Gasteiger partial charge is 0.497 e. The molecule has 6 heteroatoms. The minimum atomic E-state index is -0.531. The van der Waals surface area contributed by atoms with E-state index in [1.165, 1.54) is 0 Å². The third kappa shape index (κ3) is 2.94. The number of benzene rings is 1. The molecule has 1 fully saturated rings. The Morgan fingerprint density at radius 2 is 2.11 bits per heavy atom. The fraction of sp³-hybridized carbons (Fsp3) is 0.429. The van der Waals surface area contributed by atoms with E-state index >= 15 is 0 Å². The molecule has 0 spiro atoms. The fourth-order valence-electron chi connectivity index (χ4n) is 3.96. The number of rotatable bonds is 6. The van der Waals surface area contributed by atoms with Crippen molar-refractivity contribution in [1.29, 1.82) is 0 Å². The van der Waals surface area contributed by atoms with Crippen LogP contribution in [0.15, 0.2) is 30.5 Å². The van der Waals surface area contributed by atoms with E-state index in [9.17, 15) is 4.79 Å². The van der Waals surface area contributed by atoms with Gasteiger partial charge in [-0.1, -0.05) is 6.42 Å². The van der Waals surface area contributed by atoms with Crippen LogP contribution in [0.5, 0.6) is 5.75 Å². The lowest BCUT2D eigenvalue weighted by molar-refractivity contribution is -0.130. The molecule has 2 heterocycles. The highest BCUT2D eigenvalue weighted by atomic mass is 16.5. The third-order valence-corrected chi connectivity index (χ3v) is 5.67. The van der Waals surface area contributed by atoms with Gasteiger partial charge in [0.05, 0.1) is 23.7 Å². The molecule has 1 amide bonds. The number of carbonyl (C=O) groups excluding carboxylic acids is 1. The first-order chi connectivity index (χ1) is 13.0. The van der Waals surface area contributed by atoms with E-state index in [2.05, 4.69) is 20.2 Å². The Kier molecular flexibility index (Phi) is 4.52. The number of H-pyrrole nitrogens is 1. The van der Waals surface area contributed by atoms with Crippen LogP contribution in [-0.4, -0.2) is 55.1 Å². The quantitative estimate of drug-likeness (QED) is 0.704. The van der Waals surface area contributed by atoms with Crippen LogP contribution >= 0.6 is 0 Å². The summed E-state index contributed by atoms with van der Waals surface area (Å²) < 4.78 is 5.37. The van der Waals surface area contributed by atoms with Crippen molar-refractivity contribution in [3.05, 3.63) is 36.2 Å². The zero-order chi connectivity index (χ0) is 19.0. The van der Waals surface area contributed by atoms with E-state index in [1.54, 1.807) is 7.11 Å². The van der Waals surface area contributed by atoms with Gasteiger partial charge in [-0.05, 0) is 51.2 Å². The van der Waals surface area contributed by atoms with Gasteiger partial charge >= 0.3 is 0 Å². The SMILES string of the molecule is COc1ccc2[nH]c3c(C4(C(=O)NCCN(C)C)CCC4)nccc3c2c1. The summed E-state index contributed by atoms with van der Waals surface area (Å²) in [6.45, 7) is 1.47. The van der Waals surface area contributed by atoms with Crippen LogP contribution in [-0.2, 0) is 10.2 Å². The molecule has 142 valence electrons. The molecule has 3 aromatic rings. The summed E-state index contributed by atoms with van der Waals surface area (Å²) in [7, 11) is 5.68. The van der Waals surface area contributed by atoms with Gasteiger partial charge in [0.15, 0.2) is 0 Å². The number of carbonyl (C=O) groups is 1. The topological polar surface area (TPSA) is 70.2 Å². The summed E-state index contributed by atoms with van der Waals surface area (Å²) in [4.78, 5) is 23.3. The number of likely N-dealkylation sites (N-methyl/N-ethyl adjacent to an activating group) is 1. The molecule has 4 rings (SSSR count). The lowest BCUT2D eigenvalue weighted by Gasteiger charge is -2.40. The Labute approximate surface area is 158 Å². The second-order valence-electron chi connectivity index (χ2n) is 7.61. The Bertz CT molecular complexity index is 988. The maximum absolute atomic E-state index is 13.1. The summed E-state index contributed by atoms with van der Waals surface area (Å²) in [6.07, 6.45) is 4.54. The van der Waals surface area contributed by atoms with Crippen molar-refractivity contribution in [2.45, 2.75) is 24.7 Å². The van der Waals surface area contributed by atoms with Gasteiger partial charge in [-0.25, -0.2) is 0 Å². The molecular weight excluding hydrogens is 340 g/mol. The molecule has 1 saturated carbocycles. The first-order valence-electron chi connectivity index (χ1n) is 9.43. The Hall–Kier alpha value is -2.60. The van der Waals surface area contributed by atoms with Crippen LogP contribution in [0.25, 0.3) is 21.8 Å². The Morgan fingerprint density at radius 1 is 1.30 bits per heavy atom. The third-order valence-electron chi connectivity index (χ3n) is 5.67. The summed E-state index contributed by atoms with van der Waals surface area (Å²) in [5.41, 5.74) is 2.33. The first kappa shape index (κ1) is 17.8. The monoisotopic (exact) mass is 366 g/mol. The number of aromatic amines is 1. The van der Waals surface area contributed by atoms with Crippen molar-refractivity contribution in [3.8, 4) is 5.75 Å². The number of nitrogens with zero attached hydrogens (tertiary/aromatic N) is 2. The molecule has 0 bridgehead atoms. The van der Waals surface area contributed by atoms with Gasteiger partial charge in [0.1, 0.15) is 5.75 Å². The molecule has 1 aliphatic carbocycles. The van der Waals surface area contributed by atoms with Gasteiger partial charge in [-0.15, -0.1) is 0 Å². The Morgan fingerprint density at radius 3 is 2.78 bits per heavy atom. The van der Waals surface area contributed by atoms with Crippen molar-refractivity contribution in [2.75, 3.05) is 34.3 Å². The predicted molar refractivity (Wildman–Crippen MR) is 107 cm³/mol. The van der Waals surface area contributed by atoms with Crippen molar-refractivity contribution >= 4 is 27.7 Å². The zero-order valence-corrected chi connectivity index (χ0v) is 16.1. The molecule has 2 N–H and O–H groups in total. The van der Waals surface area contributed by atoms with Crippen LogP contribution in [0.1, 0.15) is 25.0 Å². The number of aromatic nitrogens is 2. The number of fused-ring (bicyclic) bond motifs is 3. The summed E-state index contributed by atoms with van der Waals surface area (Å²) in [6, 6.07) is 8.00. The molecule has 1 aromatic carbocycles. The van der Waals surface area contributed by atoms with Crippen molar-refractivity contribution < 1.29 is 9.53 Å². The number of nitrogens with one attached hydrogen (secondary N) is 2.